The Balaban J connectivity index is 2.30. The van der Waals surface area contributed by atoms with Crippen molar-refractivity contribution in [1.82, 2.24) is 0 Å². The summed E-state index contributed by atoms with van der Waals surface area (Å²) in [5.74, 6) is 1.25. The fraction of sp³-hybridized carbons (Fsp3) is 0.778. The largest absolute Gasteiger partial charge is 0.467 e. The van der Waals surface area contributed by atoms with Crippen molar-refractivity contribution in [2.45, 2.75) is 33.0 Å². The first-order valence-corrected chi connectivity index (χ1v) is 4.20. The predicted octanol–water partition coefficient (Wildman–Crippen LogP) is 2.31. The van der Waals surface area contributed by atoms with E-state index in [-0.39, 0.29) is 6.29 Å². The third-order valence-electron chi connectivity index (χ3n) is 1.90. The number of hydrogen-bond acceptors (Lipinski definition) is 2. The minimum absolute atomic E-state index is 0.0394. The third kappa shape index (κ3) is 2.22. The van der Waals surface area contributed by atoms with Crippen molar-refractivity contribution in [3.05, 3.63) is 12.3 Å². The molecule has 2 atom stereocenters. The van der Waals surface area contributed by atoms with Crippen LogP contribution in [0.5, 0.6) is 0 Å². The van der Waals surface area contributed by atoms with E-state index in [9.17, 15) is 0 Å². The maximum absolute atomic E-state index is 5.36. The first-order chi connectivity index (χ1) is 5.24. The van der Waals surface area contributed by atoms with Crippen LogP contribution in [-0.4, -0.2) is 12.9 Å². The molecule has 0 bridgehead atoms. The zero-order chi connectivity index (χ0) is 8.27. The van der Waals surface area contributed by atoms with Crippen LogP contribution in [-0.2, 0) is 9.47 Å². The second-order valence-corrected chi connectivity index (χ2v) is 3.10. The summed E-state index contributed by atoms with van der Waals surface area (Å²) in [6, 6.07) is 0. The molecule has 1 fully saturated rings. The van der Waals surface area contributed by atoms with Crippen molar-refractivity contribution in [3.8, 4) is 0 Å². The van der Waals surface area contributed by atoms with Crippen LogP contribution in [0.15, 0.2) is 12.3 Å². The van der Waals surface area contributed by atoms with E-state index in [0.717, 1.165) is 12.2 Å². The lowest BCUT2D eigenvalue weighted by atomic mass is 10.1. The minimum Gasteiger partial charge on any atom is -0.467 e. The molecule has 2 unspecified atom stereocenters. The molecule has 0 aromatic carbocycles. The van der Waals surface area contributed by atoms with E-state index < -0.39 is 0 Å². The normalized spacial score (nSPS) is 26.7. The molecule has 1 saturated heterocycles. The highest BCUT2D eigenvalue weighted by atomic mass is 16.7. The second kappa shape index (κ2) is 3.77. The van der Waals surface area contributed by atoms with Crippen LogP contribution in [0, 0.1) is 5.92 Å². The zero-order valence-corrected chi connectivity index (χ0v) is 7.30. The van der Waals surface area contributed by atoms with Crippen LogP contribution < -0.4 is 0 Å². The van der Waals surface area contributed by atoms with Crippen molar-refractivity contribution in [1.29, 1.82) is 0 Å². The van der Waals surface area contributed by atoms with Crippen LogP contribution in [0.3, 0.4) is 0 Å². The van der Waals surface area contributed by atoms with Crippen molar-refractivity contribution >= 4 is 0 Å². The highest BCUT2D eigenvalue weighted by Gasteiger charge is 2.24. The van der Waals surface area contributed by atoms with Gasteiger partial charge in [-0.3, -0.25) is 0 Å². The van der Waals surface area contributed by atoms with Gasteiger partial charge in [-0.15, -0.1) is 0 Å². The molecule has 1 aliphatic rings. The van der Waals surface area contributed by atoms with E-state index in [2.05, 4.69) is 20.4 Å². The highest BCUT2D eigenvalue weighted by molar-refractivity contribution is 4.87. The van der Waals surface area contributed by atoms with Gasteiger partial charge in [-0.05, 0) is 6.42 Å². The van der Waals surface area contributed by atoms with Crippen LogP contribution in [0.1, 0.15) is 26.7 Å². The van der Waals surface area contributed by atoms with Crippen LogP contribution in [0.4, 0.5) is 0 Å². The fourth-order valence-electron chi connectivity index (χ4n) is 1.28. The topological polar surface area (TPSA) is 18.5 Å². The highest BCUT2D eigenvalue weighted by Crippen LogP contribution is 2.22. The lowest BCUT2D eigenvalue weighted by molar-refractivity contribution is -0.0713. The first-order valence-electron chi connectivity index (χ1n) is 4.20. The molecule has 0 N–H and O–H groups in total. The van der Waals surface area contributed by atoms with Gasteiger partial charge in [-0.25, -0.2) is 0 Å². The Morgan fingerprint density at radius 1 is 1.73 bits per heavy atom. The number of ether oxygens (including phenoxy) is 2. The molecule has 0 aromatic heterocycles. The van der Waals surface area contributed by atoms with Gasteiger partial charge in [0.15, 0.2) is 0 Å². The van der Waals surface area contributed by atoms with Crippen molar-refractivity contribution in [3.63, 3.8) is 0 Å². The summed E-state index contributed by atoms with van der Waals surface area (Å²) >= 11 is 0. The van der Waals surface area contributed by atoms with Gasteiger partial charge < -0.3 is 9.47 Å². The number of hydrogen-bond donors (Lipinski definition) is 0. The van der Waals surface area contributed by atoms with E-state index in [0.29, 0.717) is 12.5 Å². The van der Waals surface area contributed by atoms with E-state index >= 15 is 0 Å². The molecule has 2 nitrogen and oxygen atoms in total. The molecule has 2 heteroatoms. The average Bonchev–Trinajstić information content (AvgIpc) is 2.36. The lowest BCUT2D eigenvalue weighted by Gasteiger charge is -2.16. The van der Waals surface area contributed by atoms with Gasteiger partial charge in [0.05, 0.1) is 0 Å². The molecule has 0 aliphatic carbocycles. The summed E-state index contributed by atoms with van der Waals surface area (Å²) in [6.45, 7) is 8.58. The predicted molar refractivity (Wildman–Crippen MR) is 44.0 cm³/mol. The van der Waals surface area contributed by atoms with Gasteiger partial charge in [0.25, 0.3) is 0 Å². The Morgan fingerprint density at radius 3 is 2.91 bits per heavy atom. The molecule has 1 aliphatic heterocycles. The zero-order valence-electron chi connectivity index (χ0n) is 7.30. The van der Waals surface area contributed by atoms with E-state index in [4.69, 9.17) is 9.47 Å². The molecular weight excluding hydrogens is 140 g/mol. The molecule has 64 valence electrons. The van der Waals surface area contributed by atoms with Crippen molar-refractivity contribution in [2.24, 2.45) is 5.92 Å². The van der Waals surface area contributed by atoms with Gasteiger partial charge in [0.2, 0.25) is 6.29 Å². The molecular formula is C9H16O2. The van der Waals surface area contributed by atoms with E-state index in [1.165, 1.54) is 6.42 Å². The van der Waals surface area contributed by atoms with Crippen LogP contribution >= 0.6 is 0 Å². The second-order valence-electron chi connectivity index (χ2n) is 3.10. The maximum atomic E-state index is 5.36. The van der Waals surface area contributed by atoms with Gasteiger partial charge in [-0.2, -0.15) is 0 Å². The minimum atomic E-state index is -0.0394. The van der Waals surface area contributed by atoms with Gasteiger partial charge in [0.1, 0.15) is 12.4 Å². The summed E-state index contributed by atoms with van der Waals surface area (Å²) in [4.78, 5) is 0. The Bertz CT molecular complexity index is 142. The van der Waals surface area contributed by atoms with Gasteiger partial charge in [-0.1, -0.05) is 26.8 Å². The van der Waals surface area contributed by atoms with Crippen LogP contribution in [0.2, 0.25) is 0 Å². The average molecular weight is 156 g/mol. The summed E-state index contributed by atoms with van der Waals surface area (Å²) in [7, 11) is 0. The summed E-state index contributed by atoms with van der Waals surface area (Å²) in [6.07, 6.45) is 2.29. The molecule has 1 rings (SSSR count). The Hall–Kier alpha value is -0.500. The monoisotopic (exact) mass is 156 g/mol. The number of rotatable bonds is 3. The molecule has 11 heavy (non-hydrogen) atoms. The summed E-state index contributed by atoms with van der Waals surface area (Å²) in [5, 5.41) is 0. The maximum Gasteiger partial charge on any atom is 0.202 e. The SMILES string of the molecule is C=C1COC(C(C)CCC)O1. The molecule has 0 spiro atoms. The quantitative estimate of drug-likeness (QED) is 0.624. The summed E-state index contributed by atoms with van der Waals surface area (Å²) in [5.41, 5.74) is 0. The van der Waals surface area contributed by atoms with E-state index in [1.54, 1.807) is 0 Å². The van der Waals surface area contributed by atoms with Gasteiger partial charge in [0, 0.05) is 5.92 Å². The third-order valence-corrected chi connectivity index (χ3v) is 1.90. The summed E-state index contributed by atoms with van der Waals surface area (Å²) < 4.78 is 10.7. The Kier molecular flexibility index (Phi) is 2.94. The van der Waals surface area contributed by atoms with Crippen molar-refractivity contribution in [2.75, 3.05) is 6.61 Å². The molecule has 0 amide bonds. The molecule has 1 heterocycles. The molecule has 0 saturated carbocycles. The Morgan fingerprint density at radius 2 is 2.45 bits per heavy atom. The standard InChI is InChI=1S/C9H16O2/c1-4-5-7(2)9-10-6-8(3)11-9/h7,9H,3-6H2,1-2H3. The van der Waals surface area contributed by atoms with Gasteiger partial charge >= 0.3 is 0 Å². The Labute approximate surface area is 68.2 Å². The van der Waals surface area contributed by atoms with Crippen molar-refractivity contribution < 1.29 is 9.47 Å². The van der Waals surface area contributed by atoms with E-state index in [1.807, 2.05) is 0 Å². The smallest absolute Gasteiger partial charge is 0.202 e. The molecule has 0 radical (unpaired) electrons. The fourth-order valence-corrected chi connectivity index (χ4v) is 1.28. The molecule has 0 aromatic rings. The first kappa shape index (κ1) is 8.60. The van der Waals surface area contributed by atoms with Crippen LogP contribution in [0.25, 0.3) is 0 Å². The lowest BCUT2D eigenvalue weighted by Crippen LogP contribution is -2.17.